The number of ether oxygens (including phenoxy) is 1. The first-order valence-electron chi connectivity index (χ1n) is 9.27. The summed E-state index contributed by atoms with van der Waals surface area (Å²) >= 11 is 12.8. The lowest BCUT2D eigenvalue weighted by Crippen LogP contribution is -2.51. The Hall–Kier alpha value is -1.97. The van der Waals surface area contributed by atoms with Crippen molar-refractivity contribution in [3.8, 4) is 0 Å². The molecule has 4 rings (SSSR count). The number of carbonyl (C=O) groups is 1. The average molecular weight is 402 g/mol. The molecule has 0 aromatic heterocycles. The number of nitrogens with zero attached hydrogens (tertiary/aromatic N) is 1. The molecule has 1 amide bonds. The van der Waals surface area contributed by atoms with E-state index in [0.29, 0.717) is 16.7 Å². The van der Waals surface area contributed by atoms with Gasteiger partial charge in [-0.3, -0.25) is 4.90 Å². The zero-order valence-corrected chi connectivity index (χ0v) is 16.4. The van der Waals surface area contributed by atoms with Gasteiger partial charge in [0.05, 0.1) is 6.04 Å². The molecule has 140 valence electrons. The van der Waals surface area contributed by atoms with Crippen molar-refractivity contribution in [2.24, 2.45) is 0 Å². The summed E-state index contributed by atoms with van der Waals surface area (Å²) in [6.45, 7) is 0.294. The fourth-order valence-corrected chi connectivity index (χ4v) is 4.74. The van der Waals surface area contributed by atoms with E-state index >= 15 is 0 Å². The molecule has 3 nitrogen and oxygen atoms in total. The molecule has 0 saturated carbocycles. The van der Waals surface area contributed by atoms with Crippen molar-refractivity contribution in [2.45, 2.75) is 44.4 Å². The Morgan fingerprint density at radius 2 is 1.78 bits per heavy atom. The molecule has 2 aliphatic rings. The van der Waals surface area contributed by atoms with Gasteiger partial charge in [-0.25, -0.2) is 4.79 Å². The predicted octanol–water partition coefficient (Wildman–Crippen LogP) is 6.34. The normalized spacial score (nSPS) is 21.6. The molecule has 2 aromatic rings. The van der Waals surface area contributed by atoms with Crippen molar-refractivity contribution in [1.82, 2.24) is 4.90 Å². The number of fused-ring (bicyclic) bond motifs is 2. The van der Waals surface area contributed by atoms with Crippen LogP contribution in [0, 0.1) is 0 Å². The van der Waals surface area contributed by atoms with Gasteiger partial charge in [0, 0.05) is 21.7 Å². The summed E-state index contributed by atoms with van der Waals surface area (Å²) in [7, 11) is 0. The van der Waals surface area contributed by atoms with Crippen LogP contribution in [0.5, 0.6) is 0 Å². The van der Waals surface area contributed by atoms with Gasteiger partial charge in [-0.2, -0.15) is 0 Å². The van der Waals surface area contributed by atoms with E-state index in [4.69, 9.17) is 27.9 Å². The van der Waals surface area contributed by atoms with Crippen LogP contribution in [-0.2, 0) is 11.3 Å². The van der Waals surface area contributed by atoms with Crippen LogP contribution in [0.3, 0.4) is 0 Å². The van der Waals surface area contributed by atoms with E-state index in [1.807, 2.05) is 53.4 Å². The van der Waals surface area contributed by atoms with Crippen LogP contribution in [0.25, 0.3) is 5.57 Å². The minimum atomic E-state index is -0.242. The molecule has 2 atom stereocenters. The van der Waals surface area contributed by atoms with Crippen LogP contribution in [0.1, 0.15) is 36.8 Å². The van der Waals surface area contributed by atoms with Gasteiger partial charge in [0.1, 0.15) is 6.61 Å². The maximum Gasteiger partial charge on any atom is 0.410 e. The first-order valence-corrected chi connectivity index (χ1v) is 10.0. The summed E-state index contributed by atoms with van der Waals surface area (Å²) < 4.78 is 5.60. The number of piperidine rings is 1. The van der Waals surface area contributed by atoms with Crippen molar-refractivity contribution in [1.29, 1.82) is 0 Å². The standard InChI is InChI=1S/C22H21Cl2NO2/c23-19-10-5-11-20(24)21(19)16-12-17-8-4-9-18(13-16)25(17)22(26)27-14-15-6-2-1-3-7-15/h1-3,5-7,10-12,17-18H,4,8-9,13-14H2. The smallest absolute Gasteiger partial charge is 0.410 e. The maximum atomic E-state index is 12.8. The van der Waals surface area contributed by atoms with Crippen LogP contribution >= 0.6 is 23.2 Å². The van der Waals surface area contributed by atoms with Crippen LogP contribution in [0.4, 0.5) is 4.79 Å². The number of hydrogen-bond donors (Lipinski definition) is 0. The van der Waals surface area contributed by atoms with Gasteiger partial charge in [-0.05, 0) is 49.0 Å². The van der Waals surface area contributed by atoms with E-state index in [1.54, 1.807) is 0 Å². The second-order valence-electron chi connectivity index (χ2n) is 7.09. The topological polar surface area (TPSA) is 29.5 Å². The van der Waals surface area contributed by atoms with Crippen molar-refractivity contribution < 1.29 is 9.53 Å². The Labute approximate surface area is 169 Å². The summed E-state index contributed by atoms with van der Waals surface area (Å²) in [4.78, 5) is 14.7. The lowest BCUT2D eigenvalue weighted by Gasteiger charge is -2.44. The highest BCUT2D eigenvalue weighted by atomic mass is 35.5. The molecular formula is C22H21Cl2NO2. The first kappa shape index (κ1) is 18.4. The van der Waals surface area contributed by atoms with E-state index in [-0.39, 0.29) is 18.2 Å². The quantitative estimate of drug-likeness (QED) is 0.600. The molecule has 1 saturated heterocycles. The Bertz CT molecular complexity index is 846. The minimum absolute atomic E-state index is 0.0307. The monoisotopic (exact) mass is 401 g/mol. The Kier molecular flexibility index (Phi) is 5.42. The molecule has 27 heavy (non-hydrogen) atoms. The number of carbonyl (C=O) groups excluding carboxylic acids is 1. The van der Waals surface area contributed by atoms with Crippen molar-refractivity contribution in [3.63, 3.8) is 0 Å². The third-order valence-electron chi connectivity index (χ3n) is 5.34. The van der Waals surface area contributed by atoms with Gasteiger partial charge in [0.2, 0.25) is 0 Å². The molecule has 2 heterocycles. The molecule has 0 aliphatic carbocycles. The molecule has 2 unspecified atom stereocenters. The van der Waals surface area contributed by atoms with Gasteiger partial charge >= 0.3 is 6.09 Å². The third-order valence-corrected chi connectivity index (χ3v) is 5.97. The SMILES string of the molecule is O=C(OCc1ccccc1)N1C2C=C(c3c(Cl)cccc3Cl)CC1CCC2. The van der Waals surface area contributed by atoms with Crippen LogP contribution in [0.15, 0.2) is 54.6 Å². The number of amides is 1. The second kappa shape index (κ2) is 7.95. The van der Waals surface area contributed by atoms with E-state index < -0.39 is 0 Å². The third kappa shape index (κ3) is 3.85. The molecule has 0 radical (unpaired) electrons. The fourth-order valence-electron chi connectivity index (χ4n) is 4.10. The van der Waals surface area contributed by atoms with E-state index in [2.05, 4.69) is 6.08 Å². The molecule has 5 heteroatoms. The molecule has 2 aliphatic heterocycles. The Balaban J connectivity index is 1.54. The maximum absolute atomic E-state index is 12.8. The van der Waals surface area contributed by atoms with E-state index in [9.17, 15) is 4.79 Å². The van der Waals surface area contributed by atoms with Gasteiger partial charge in [0.25, 0.3) is 0 Å². The summed E-state index contributed by atoms with van der Waals surface area (Å²) in [5.74, 6) is 0. The lowest BCUT2D eigenvalue weighted by atomic mass is 9.83. The van der Waals surface area contributed by atoms with Gasteiger partial charge in [0.15, 0.2) is 0 Å². The molecule has 2 bridgehead atoms. The highest BCUT2D eigenvalue weighted by Gasteiger charge is 2.38. The van der Waals surface area contributed by atoms with Gasteiger partial charge in [-0.1, -0.05) is 65.7 Å². The minimum Gasteiger partial charge on any atom is -0.445 e. The van der Waals surface area contributed by atoms with E-state index in [0.717, 1.165) is 42.4 Å². The van der Waals surface area contributed by atoms with Crippen LogP contribution in [-0.4, -0.2) is 23.1 Å². The Morgan fingerprint density at radius 3 is 2.48 bits per heavy atom. The summed E-state index contributed by atoms with van der Waals surface area (Å²) in [5, 5.41) is 1.32. The number of halogens is 2. The number of hydrogen-bond acceptors (Lipinski definition) is 2. The molecule has 2 aromatic carbocycles. The van der Waals surface area contributed by atoms with Crippen LogP contribution in [0.2, 0.25) is 10.0 Å². The highest BCUT2D eigenvalue weighted by Crippen LogP contribution is 2.41. The molecule has 1 fully saturated rings. The van der Waals surface area contributed by atoms with Crippen molar-refractivity contribution in [3.05, 3.63) is 75.8 Å². The van der Waals surface area contributed by atoms with Crippen molar-refractivity contribution in [2.75, 3.05) is 0 Å². The summed E-state index contributed by atoms with van der Waals surface area (Å²) in [6, 6.07) is 15.5. The average Bonchev–Trinajstić information content (AvgIpc) is 2.66. The second-order valence-corrected chi connectivity index (χ2v) is 7.91. The zero-order valence-electron chi connectivity index (χ0n) is 14.9. The molecular weight excluding hydrogens is 381 g/mol. The lowest BCUT2D eigenvalue weighted by molar-refractivity contribution is 0.0510. The highest BCUT2D eigenvalue weighted by molar-refractivity contribution is 6.37. The van der Waals surface area contributed by atoms with Crippen LogP contribution < -0.4 is 0 Å². The van der Waals surface area contributed by atoms with Crippen molar-refractivity contribution >= 4 is 34.9 Å². The zero-order chi connectivity index (χ0) is 18.8. The predicted molar refractivity (Wildman–Crippen MR) is 109 cm³/mol. The van der Waals surface area contributed by atoms with E-state index in [1.165, 1.54) is 0 Å². The first-order chi connectivity index (χ1) is 13.1. The summed E-state index contributed by atoms with van der Waals surface area (Å²) in [5.41, 5.74) is 3.02. The number of rotatable bonds is 3. The Morgan fingerprint density at radius 1 is 1.04 bits per heavy atom. The molecule has 0 spiro atoms. The summed E-state index contributed by atoms with van der Waals surface area (Å²) in [6.07, 6.45) is 5.66. The molecule has 0 N–H and O–H groups in total. The van der Waals surface area contributed by atoms with Gasteiger partial charge < -0.3 is 4.74 Å². The fraction of sp³-hybridized carbons (Fsp3) is 0.318. The van der Waals surface area contributed by atoms with Gasteiger partial charge in [-0.15, -0.1) is 0 Å². The largest absolute Gasteiger partial charge is 0.445 e. The number of benzene rings is 2.